The second kappa shape index (κ2) is 6.10. The topological polar surface area (TPSA) is 84.9 Å². The molecule has 0 unspecified atom stereocenters. The summed E-state index contributed by atoms with van der Waals surface area (Å²) in [6, 6.07) is 5.11. The van der Waals surface area contributed by atoms with Crippen LogP contribution in [-0.2, 0) is 15.0 Å². The van der Waals surface area contributed by atoms with E-state index in [9.17, 15) is 8.42 Å². The number of benzene rings is 1. The van der Waals surface area contributed by atoms with Crippen LogP contribution in [0.5, 0.6) is 5.75 Å². The molecule has 1 atom stereocenters. The zero-order valence-electron chi connectivity index (χ0n) is 11.8. The van der Waals surface area contributed by atoms with Crippen LogP contribution in [0.4, 0.5) is 0 Å². The summed E-state index contributed by atoms with van der Waals surface area (Å²) in [7, 11) is -4.29. The summed E-state index contributed by atoms with van der Waals surface area (Å²) in [6.07, 6.45) is 0.622. The van der Waals surface area contributed by atoms with Crippen LogP contribution in [0.25, 0.3) is 0 Å². The average Bonchev–Trinajstić information content (AvgIpc) is 2.44. The monoisotopic (exact) mass is 335 g/mol. The third-order valence-electron chi connectivity index (χ3n) is 3.50. The van der Waals surface area contributed by atoms with Crippen molar-refractivity contribution in [2.24, 2.45) is 0 Å². The van der Waals surface area contributed by atoms with Gasteiger partial charge in [0.25, 0.3) is 0 Å². The van der Waals surface area contributed by atoms with Gasteiger partial charge in [-0.2, -0.15) is 13.1 Å². The fourth-order valence-electron chi connectivity index (χ4n) is 2.30. The fraction of sp³-hybridized carbons (Fsp3) is 0.538. The summed E-state index contributed by atoms with van der Waals surface area (Å²) in [5.41, 5.74) is 0.649. The minimum absolute atomic E-state index is 0.0999. The van der Waals surface area contributed by atoms with Crippen LogP contribution in [0.2, 0.25) is 5.02 Å². The normalized spacial score (nSPS) is 20.7. The molecule has 0 aromatic heterocycles. The van der Waals surface area contributed by atoms with E-state index in [0.717, 1.165) is 0 Å². The Bertz CT molecular complexity index is 615. The average molecular weight is 336 g/mol. The lowest BCUT2D eigenvalue weighted by Gasteiger charge is -2.41. The molecule has 2 N–H and O–H groups in total. The summed E-state index contributed by atoms with van der Waals surface area (Å²) in [5, 5.41) is 0.498. The Morgan fingerprint density at radius 1 is 1.38 bits per heavy atom. The molecular weight excluding hydrogens is 318 g/mol. The van der Waals surface area contributed by atoms with E-state index < -0.39 is 22.2 Å². The van der Waals surface area contributed by atoms with Gasteiger partial charge in [-0.1, -0.05) is 25.4 Å². The second-order valence-electron chi connectivity index (χ2n) is 4.83. The number of fused-ring (bicyclic) bond motifs is 1. The summed E-state index contributed by atoms with van der Waals surface area (Å²) in [5.74, 6) is -0.205. The van der Waals surface area contributed by atoms with Gasteiger partial charge in [0.1, 0.15) is 11.9 Å². The number of ether oxygens (including phenoxy) is 2. The first kappa shape index (κ1) is 16.5. The largest absolute Gasteiger partial charge is 0.462 e. The van der Waals surface area contributed by atoms with Crippen molar-refractivity contribution in [1.29, 1.82) is 0 Å². The van der Waals surface area contributed by atoms with Crippen LogP contribution in [-0.4, -0.2) is 25.3 Å². The molecule has 0 saturated heterocycles. The standard InChI is InChI=1S/C13H18ClNO5S/c1-3-13(4-2)19-11-6-5-9(14)7-10(11)12(20-13)8-15-21(16,17)18/h5-7,12,15H,3-4,8H2,1-2H3,(H,16,17,18)/t12-/m1/s1. The predicted octanol–water partition coefficient (Wildman–Crippen LogP) is 2.70. The third kappa shape index (κ3) is 3.87. The van der Waals surface area contributed by atoms with Gasteiger partial charge in [0.05, 0.1) is 0 Å². The first-order chi connectivity index (χ1) is 9.78. The zero-order valence-corrected chi connectivity index (χ0v) is 13.4. The molecule has 8 heteroatoms. The number of hydrogen-bond acceptors (Lipinski definition) is 4. The predicted molar refractivity (Wildman–Crippen MR) is 78.8 cm³/mol. The third-order valence-corrected chi connectivity index (χ3v) is 4.27. The molecule has 0 amide bonds. The fourth-order valence-corrected chi connectivity index (χ4v) is 2.85. The van der Waals surface area contributed by atoms with Crippen LogP contribution in [0.3, 0.4) is 0 Å². The quantitative estimate of drug-likeness (QED) is 0.808. The number of rotatable bonds is 5. The van der Waals surface area contributed by atoms with Gasteiger partial charge < -0.3 is 9.47 Å². The van der Waals surface area contributed by atoms with Crippen LogP contribution in [0, 0.1) is 0 Å². The molecule has 1 aromatic carbocycles. The van der Waals surface area contributed by atoms with E-state index in [1.807, 2.05) is 18.6 Å². The van der Waals surface area contributed by atoms with Crippen molar-refractivity contribution in [3.05, 3.63) is 28.8 Å². The van der Waals surface area contributed by atoms with Crippen molar-refractivity contribution >= 4 is 21.9 Å². The second-order valence-corrected chi connectivity index (χ2v) is 6.51. The Kier molecular flexibility index (Phi) is 4.79. The van der Waals surface area contributed by atoms with E-state index in [1.54, 1.807) is 18.2 Å². The lowest BCUT2D eigenvalue weighted by atomic mass is 10.0. The van der Waals surface area contributed by atoms with E-state index in [2.05, 4.69) is 0 Å². The van der Waals surface area contributed by atoms with Gasteiger partial charge in [0, 0.05) is 30.0 Å². The van der Waals surface area contributed by atoms with Gasteiger partial charge in [-0.25, -0.2) is 0 Å². The van der Waals surface area contributed by atoms with E-state index in [1.165, 1.54) is 0 Å². The van der Waals surface area contributed by atoms with Crippen LogP contribution in [0.15, 0.2) is 18.2 Å². The van der Waals surface area contributed by atoms with E-state index in [-0.39, 0.29) is 6.54 Å². The van der Waals surface area contributed by atoms with Crippen molar-refractivity contribution < 1.29 is 22.4 Å². The molecule has 1 aromatic rings. The van der Waals surface area contributed by atoms with Gasteiger partial charge >= 0.3 is 10.3 Å². The lowest BCUT2D eigenvalue weighted by Crippen LogP contribution is -2.45. The minimum atomic E-state index is -4.29. The molecule has 6 nitrogen and oxygen atoms in total. The molecule has 21 heavy (non-hydrogen) atoms. The maximum Gasteiger partial charge on any atom is 0.333 e. The first-order valence-electron chi connectivity index (χ1n) is 6.67. The minimum Gasteiger partial charge on any atom is -0.462 e. The molecule has 1 aliphatic rings. The van der Waals surface area contributed by atoms with E-state index in [4.69, 9.17) is 25.6 Å². The van der Waals surface area contributed by atoms with Crippen molar-refractivity contribution in [2.75, 3.05) is 6.54 Å². The highest BCUT2D eigenvalue weighted by Crippen LogP contribution is 2.42. The van der Waals surface area contributed by atoms with E-state index in [0.29, 0.717) is 29.2 Å². The smallest absolute Gasteiger partial charge is 0.333 e. The Morgan fingerprint density at radius 2 is 2.05 bits per heavy atom. The molecular formula is C13H18ClNO5S. The van der Waals surface area contributed by atoms with Crippen molar-refractivity contribution in [3.8, 4) is 5.75 Å². The molecule has 0 aliphatic carbocycles. The number of hydrogen-bond donors (Lipinski definition) is 2. The highest BCUT2D eigenvalue weighted by Gasteiger charge is 2.39. The molecule has 0 bridgehead atoms. The van der Waals surface area contributed by atoms with Gasteiger partial charge in [0.2, 0.25) is 5.79 Å². The van der Waals surface area contributed by atoms with Gasteiger partial charge in [-0.15, -0.1) is 0 Å². The van der Waals surface area contributed by atoms with Gasteiger partial charge in [-0.3, -0.25) is 4.55 Å². The molecule has 0 radical (unpaired) electrons. The lowest BCUT2D eigenvalue weighted by molar-refractivity contribution is -0.231. The Balaban J connectivity index is 2.35. The van der Waals surface area contributed by atoms with Gasteiger partial charge in [0.15, 0.2) is 0 Å². The van der Waals surface area contributed by atoms with Crippen molar-refractivity contribution in [1.82, 2.24) is 4.72 Å². The molecule has 1 heterocycles. The summed E-state index contributed by atoms with van der Waals surface area (Å²) < 4.78 is 44.5. The highest BCUT2D eigenvalue weighted by molar-refractivity contribution is 7.83. The number of halogens is 1. The Hall–Kier alpha value is -0.860. The molecule has 0 spiro atoms. The summed E-state index contributed by atoms with van der Waals surface area (Å²) in [4.78, 5) is 0. The van der Waals surface area contributed by atoms with Crippen LogP contribution in [0.1, 0.15) is 38.4 Å². The molecule has 1 aliphatic heterocycles. The maximum absolute atomic E-state index is 10.9. The molecule has 0 fully saturated rings. The zero-order chi connectivity index (χ0) is 15.7. The Labute approximate surface area is 129 Å². The Morgan fingerprint density at radius 3 is 2.62 bits per heavy atom. The molecule has 0 saturated carbocycles. The first-order valence-corrected chi connectivity index (χ1v) is 8.48. The summed E-state index contributed by atoms with van der Waals surface area (Å²) >= 11 is 5.97. The van der Waals surface area contributed by atoms with Crippen LogP contribution >= 0.6 is 11.6 Å². The maximum atomic E-state index is 10.9. The molecule has 2 rings (SSSR count). The highest BCUT2D eigenvalue weighted by atomic mass is 35.5. The number of nitrogens with one attached hydrogen (secondary N) is 1. The van der Waals surface area contributed by atoms with E-state index >= 15 is 0 Å². The molecule has 118 valence electrons. The SMILES string of the molecule is CCC1(CC)Oc2ccc(Cl)cc2[C@@H](CNS(=O)(=O)O)O1. The van der Waals surface area contributed by atoms with Crippen molar-refractivity contribution in [3.63, 3.8) is 0 Å². The van der Waals surface area contributed by atoms with Crippen LogP contribution < -0.4 is 9.46 Å². The van der Waals surface area contributed by atoms with Gasteiger partial charge in [-0.05, 0) is 18.2 Å². The summed E-state index contributed by atoms with van der Waals surface area (Å²) in [6.45, 7) is 3.76. The van der Waals surface area contributed by atoms with Crippen molar-refractivity contribution in [2.45, 2.75) is 38.6 Å².